The van der Waals surface area contributed by atoms with Gasteiger partial charge in [0.2, 0.25) is 5.88 Å². The molecule has 176 valence electrons. The molecule has 8 nitrogen and oxygen atoms in total. The molecule has 1 aliphatic carbocycles. The number of urea groups is 1. The van der Waals surface area contributed by atoms with Gasteiger partial charge < -0.3 is 15.3 Å². The smallest absolute Gasteiger partial charge is 0.331 e. The molecule has 0 unspecified atom stereocenters. The van der Waals surface area contributed by atoms with Crippen LogP contribution in [0.15, 0.2) is 83.8 Å². The number of anilines is 1. The van der Waals surface area contributed by atoms with Crippen molar-refractivity contribution < 1.29 is 9.90 Å². The zero-order valence-corrected chi connectivity index (χ0v) is 19.0. The van der Waals surface area contributed by atoms with Gasteiger partial charge >= 0.3 is 11.7 Å². The molecular weight excluding hydrogens is 442 g/mol. The highest BCUT2D eigenvalue weighted by atomic mass is 16.3. The van der Waals surface area contributed by atoms with Crippen LogP contribution in [0, 0.1) is 0 Å². The number of imidazole rings is 1. The molecule has 35 heavy (non-hydrogen) atoms. The molecule has 4 aromatic rings. The molecule has 0 bridgehead atoms. The van der Waals surface area contributed by atoms with E-state index < -0.39 is 0 Å². The highest BCUT2D eigenvalue weighted by Gasteiger charge is 2.44. The Morgan fingerprint density at radius 3 is 2.49 bits per heavy atom. The highest BCUT2D eigenvalue weighted by Crippen LogP contribution is 2.52. The minimum absolute atomic E-state index is 0.0396. The van der Waals surface area contributed by atoms with Crippen molar-refractivity contribution in [2.45, 2.75) is 31.5 Å². The Morgan fingerprint density at radius 1 is 0.971 bits per heavy atom. The van der Waals surface area contributed by atoms with Crippen LogP contribution in [0.25, 0.3) is 11.3 Å². The number of fused-ring (bicyclic) bond motifs is 1. The average Bonchev–Trinajstić information content (AvgIpc) is 3.65. The quantitative estimate of drug-likeness (QED) is 0.471. The summed E-state index contributed by atoms with van der Waals surface area (Å²) in [5.41, 5.74) is 3.63. The van der Waals surface area contributed by atoms with Crippen molar-refractivity contribution in [3.8, 4) is 17.1 Å². The second kappa shape index (κ2) is 8.47. The number of pyridine rings is 1. The van der Waals surface area contributed by atoms with Crippen molar-refractivity contribution in [1.82, 2.24) is 19.0 Å². The predicted molar refractivity (Wildman–Crippen MR) is 132 cm³/mol. The Labute approximate surface area is 202 Å². The third-order valence-electron chi connectivity index (χ3n) is 6.88. The summed E-state index contributed by atoms with van der Waals surface area (Å²) in [6, 6.07) is 23.0. The summed E-state index contributed by atoms with van der Waals surface area (Å²) < 4.78 is 3.10. The molecule has 3 heterocycles. The molecule has 0 spiro atoms. The van der Waals surface area contributed by atoms with Gasteiger partial charge in [-0.1, -0.05) is 60.7 Å². The molecule has 2 N–H and O–H groups in total. The summed E-state index contributed by atoms with van der Waals surface area (Å²) >= 11 is 0. The van der Waals surface area contributed by atoms with Gasteiger partial charge in [0.05, 0.1) is 17.9 Å². The number of carbonyl (C=O) groups is 1. The molecule has 2 amide bonds. The Bertz CT molecular complexity index is 1440. The van der Waals surface area contributed by atoms with Gasteiger partial charge in [0.15, 0.2) is 0 Å². The SMILES string of the molecule is O=C(Nc1cccnc1-c1ccccc1)N1CCn2c(c(O)n([C@H]3C[C@@H]3c3ccccc3)c2=O)C1. The average molecular weight is 468 g/mol. The second-order valence-corrected chi connectivity index (χ2v) is 9.01. The third kappa shape index (κ3) is 3.77. The molecule has 0 radical (unpaired) electrons. The van der Waals surface area contributed by atoms with Crippen LogP contribution in [0.1, 0.15) is 29.6 Å². The van der Waals surface area contributed by atoms with E-state index in [1.165, 1.54) is 10.1 Å². The maximum absolute atomic E-state index is 13.2. The van der Waals surface area contributed by atoms with E-state index in [1.54, 1.807) is 21.7 Å². The summed E-state index contributed by atoms with van der Waals surface area (Å²) in [6.45, 7) is 0.864. The molecule has 2 aromatic carbocycles. The topological polar surface area (TPSA) is 92.4 Å². The lowest BCUT2D eigenvalue weighted by molar-refractivity contribution is 0.195. The van der Waals surface area contributed by atoms with Crippen molar-refractivity contribution in [1.29, 1.82) is 0 Å². The summed E-state index contributed by atoms with van der Waals surface area (Å²) in [5, 5.41) is 13.9. The number of carbonyl (C=O) groups excluding carboxylic acids is 1. The predicted octanol–water partition coefficient (Wildman–Crippen LogP) is 4.19. The second-order valence-electron chi connectivity index (χ2n) is 9.01. The van der Waals surface area contributed by atoms with E-state index in [2.05, 4.69) is 22.4 Å². The number of amides is 2. The van der Waals surface area contributed by atoms with E-state index in [0.717, 1.165) is 12.0 Å². The molecule has 2 aliphatic rings. The van der Waals surface area contributed by atoms with Crippen LogP contribution in [0.3, 0.4) is 0 Å². The normalized spacial score (nSPS) is 18.7. The number of hydrogen-bond donors (Lipinski definition) is 2. The van der Waals surface area contributed by atoms with E-state index in [9.17, 15) is 14.7 Å². The lowest BCUT2D eigenvalue weighted by Gasteiger charge is -2.28. The fraction of sp³-hybridized carbons (Fsp3) is 0.222. The number of hydrogen-bond acceptors (Lipinski definition) is 4. The van der Waals surface area contributed by atoms with Crippen LogP contribution in [-0.4, -0.2) is 36.7 Å². The third-order valence-corrected chi connectivity index (χ3v) is 6.88. The number of benzene rings is 2. The first-order valence-corrected chi connectivity index (χ1v) is 11.8. The largest absolute Gasteiger partial charge is 0.493 e. The number of nitrogens with one attached hydrogen (secondary N) is 1. The van der Waals surface area contributed by atoms with Gasteiger partial charge in [0.1, 0.15) is 5.69 Å². The van der Waals surface area contributed by atoms with Crippen LogP contribution >= 0.6 is 0 Å². The van der Waals surface area contributed by atoms with Gasteiger partial charge in [-0.25, -0.2) is 9.59 Å². The van der Waals surface area contributed by atoms with Crippen molar-refractivity contribution in [3.63, 3.8) is 0 Å². The van der Waals surface area contributed by atoms with Crippen LogP contribution in [0.4, 0.5) is 10.5 Å². The summed E-state index contributed by atoms with van der Waals surface area (Å²) in [5.74, 6) is 0.174. The van der Waals surface area contributed by atoms with Crippen molar-refractivity contribution >= 4 is 11.7 Å². The van der Waals surface area contributed by atoms with Gasteiger partial charge in [0, 0.05) is 36.8 Å². The summed E-state index contributed by atoms with van der Waals surface area (Å²) in [7, 11) is 0. The fourth-order valence-electron chi connectivity index (χ4n) is 4.99. The number of nitrogens with zero attached hydrogens (tertiary/aromatic N) is 4. The lowest BCUT2D eigenvalue weighted by atomic mass is 10.1. The zero-order chi connectivity index (χ0) is 23.9. The highest BCUT2D eigenvalue weighted by molar-refractivity contribution is 5.93. The number of aromatic nitrogens is 3. The molecule has 2 aromatic heterocycles. The van der Waals surface area contributed by atoms with Crippen LogP contribution < -0.4 is 11.0 Å². The molecule has 6 rings (SSSR count). The van der Waals surface area contributed by atoms with E-state index in [1.807, 2.05) is 54.6 Å². The fourth-order valence-corrected chi connectivity index (χ4v) is 4.99. The molecule has 8 heteroatoms. The lowest BCUT2D eigenvalue weighted by Crippen LogP contribution is -2.42. The van der Waals surface area contributed by atoms with Gasteiger partial charge in [-0.15, -0.1) is 0 Å². The van der Waals surface area contributed by atoms with E-state index in [4.69, 9.17) is 0 Å². The maximum Gasteiger partial charge on any atom is 0.331 e. The number of rotatable bonds is 4. The van der Waals surface area contributed by atoms with Crippen molar-refractivity contribution in [3.05, 3.63) is 101 Å². The van der Waals surface area contributed by atoms with E-state index >= 15 is 0 Å². The molecule has 0 saturated heterocycles. The van der Waals surface area contributed by atoms with E-state index in [0.29, 0.717) is 30.2 Å². The Hall–Kier alpha value is -4.33. The van der Waals surface area contributed by atoms with Crippen LogP contribution in [-0.2, 0) is 13.1 Å². The summed E-state index contributed by atoms with van der Waals surface area (Å²) in [4.78, 5) is 32.3. The van der Waals surface area contributed by atoms with Crippen LogP contribution in [0.5, 0.6) is 5.88 Å². The Kier molecular flexibility index (Phi) is 5.13. The summed E-state index contributed by atoms with van der Waals surface area (Å²) in [6.07, 6.45) is 2.51. The minimum Gasteiger partial charge on any atom is -0.493 e. The maximum atomic E-state index is 13.2. The number of aromatic hydroxyl groups is 1. The standard InChI is InChI=1S/C27H25N5O3/c33-25-23-17-30(26(34)29-21-12-7-13-28-24(21)19-10-5-2-6-11-19)14-15-31(23)27(35)32(25)22-16-20(22)18-8-3-1-4-9-18/h1-13,20,22,33H,14-17H2,(H,29,34)/t20-,22+/m1/s1. The van der Waals surface area contributed by atoms with Gasteiger partial charge in [-0.2, -0.15) is 0 Å². The monoisotopic (exact) mass is 467 g/mol. The minimum atomic E-state index is -0.297. The Morgan fingerprint density at radius 2 is 1.71 bits per heavy atom. The van der Waals surface area contributed by atoms with Gasteiger partial charge in [-0.05, 0) is 24.1 Å². The van der Waals surface area contributed by atoms with Gasteiger partial charge in [-0.3, -0.25) is 14.1 Å². The van der Waals surface area contributed by atoms with Crippen molar-refractivity contribution in [2.24, 2.45) is 0 Å². The van der Waals surface area contributed by atoms with Crippen LogP contribution in [0.2, 0.25) is 0 Å². The van der Waals surface area contributed by atoms with Gasteiger partial charge in [0.25, 0.3) is 0 Å². The Balaban J connectivity index is 1.22. The first kappa shape index (κ1) is 21.2. The molecule has 2 atom stereocenters. The van der Waals surface area contributed by atoms with E-state index in [-0.39, 0.29) is 36.1 Å². The molecule has 1 aliphatic heterocycles. The first-order chi connectivity index (χ1) is 17.1. The molecule has 1 fully saturated rings. The first-order valence-electron chi connectivity index (χ1n) is 11.8. The van der Waals surface area contributed by atoms with Crippen molar-refractivity contribution in [2.75, 3.05) is 11.9 Å². The molecular formula is C27H25N5O3. The molecule has 1 saturated carbocycles. The zero-order valence-electron chi connectivity index (χ0n) is 19.0.